The van der Waals surface area contributed by atoms with Crippen LogP contribution in [-0.2, 0) is 10.2 Å². The van der Waals surface area contributed by atoms with Crippen molar-refractivity contribution in [3.63, 3.8) is 0 Å². The summed E-state index contributed by atoms with van der Waals surface area (Å²) in [4.78, 5) is 36.8. The van der Waals surface area contributed by atoms with Gasteiger partial charge in [0.1, 0.15) is 5.54 Å². The fourth-order valence-electron chi connectivity index (χ4n) is 5.99. The van der Waals surface area contributed by atoms with Gasteiger partial charge in [-0.3, -0.25) is 19.6 Å². The lowest BCUT2D eigenvalue weighted by Gasteiger charge is -2.39. The number of carbonyl (C=O) groups is 2. The molecule has 1 aliphatic heterocycles. The Morgan fingerprint density at radius 2 is 1.71 bits per heavy atom. The Balaban J connectivity index is 1.41. The molecule has 196 valence electrons. The Labute approximate surface area is 225 Å². The number of nitrogens with one attached hydrogen (secondary N) is 2. The van der Waals surface area contributed by atoms with Crippen LogP contribution in [0.4, 0.5) is 5.69 Å². The fraction of sp³-hybridized carbons (Fsp3) is 0.375. The highest BCUT2D eigenvalue weighted by Gasteiger charge is 2.41. The zero-order valence-corrected chi connectivity index (χ0v) is 22.2. The summed E-state index contributed by atoms with van der Waals surface area (Å²) in [6, 6.07) is 21.5. The number of aromatic nitrogens is 1. The highest BCUT2D eigenvalue weighted by Crippen LogP contribution is 2.39. The second-order valence-corrected chi connectivity index (χ2v) is 11.0. The zero-order valence-electron chi connectivity index (χ0n) is 22.2. The minimum Gasteiger partial charge on any atom is -0.353 e. The van der Waals surface area contributed by atoms with Gasteiger partial charge in [-0.05, 0) is 68.5 Å². The van der Waals surface area contributed by atoms with Gasteiger partial charge in [0.2, 0.25) is 5.91 Å². The van der Waals surface area contributed by atoms with Crippen LogP contribution >= 0.6 is 0 Å². The second-order valence-electron chi connectivity index (χ2n) is 11.0. The Bertz CT molecular complexity index is 1330. The van der Waals surface area contributed by atoms with Gasteiger partial charge in [-0.25, -0.2) is 0 Å². The first-order chi connectivity index (χ1) is 18.4. The molecule has 1 aliphatic carbocycles. The van der Waals surface area contributed by atoms with E-state index >= 15 is 0 Å². The average Bonchev–Trinajstić information content (AvgIpc) is 3.35. The maximum absolute atomic E-state index is 14.0. The number of benzene rings is 2. The number of rotatable bonds is 8. The third-order valence-electron chi connectivity index (χ3n) is 8.24. The number of para-hydroxylation sites is 1. The largest absolute Gasteiger partial charge is 0.353 e. The molecule has 1 saturated carbocycles. The third-order valence-corrected chi connectivity index (χ3v) is 8.24. The molecule has 6 nitrogen and oxygen atoms in total. The lowest BCUT2D eigenvalue weighted by Crippen LogP contribution is -2.59. The Kier molecular flexibility index (Phi) is 7.41. The van der Waals surface area contributed by atoms with E-state index in [0.29, 0.717) is 18.5 Å². The smallest absolute Gasteiger partial charge is 0.252 e. The van der Waals surface area contributed by atoms with Gasteiger partial charge in [0.25, 0.3) is 5.91 Å². The van der Waals surface area contributed by atoms with Crippen LogP contribution in [0.1, 0.15) is 78.5 Å². The van der Waals surface area contributed by atoms with E-state index in [9.17, 15) is 9.59 Å². The fourth-order valence-corrected chi connectivity index (χ4v) is 5.99. The Morgan fingerprint density at radius 1 is 0.974 bits per heavy atom. The predicted molar refractivity (Wildman–Crippen MR) is 151 cm³/mol. The molecule has 2 aromatic carbocycles. The highest BCUT2D eigenvalue weighted by atomic mass is 16.2. The lowest BCUT2D eigenvalue weighted by atomic mass is 9.71. The Morgan fingerprint density at radius 3 is 2.47 bits per heavy atom. The van der Waals surface area contributed by atoms with Crippen molar-refractivity contribution in [2.75, 3.05) is 6.54 Å². The molecule has 1 fully saturated rings. The minimum absolute atomic E-state index is 0.0708. The summed E-state index contributed by atoms with van der Waals surface area (Å²) in [5.41, 5.74) is 3.13. The number of hydrogen-bond acceptors (Lipinski definition) is 4. The van der Waals surface area contributed by atoms with Crippen molar-refractivity contribution in [1.29, 1.82) is 0 Å². The molecule has 2 atom stereocenters. The molecule has 5 rings (SSSR count). The predicted octanol–water partition coefficient (Wildman–Crippen LogP) is 5.79. The first-order valence-electron chi connectivity index (χ1n) is 13.6. The van der Waals surface area contributed by atoms with Crippen molar-refractivity contribution in [3.05, 3.63) is 95.3 Å². The van der Waals surface area contributed by atoms with E-state index in [1.807, 2.05) is 80.9 Å². The molecule has 0 radical (unpaired) electrons. The number of hydrogen-bond donors (Lipinski definition) is 2. The van der Waals surface area contributed by atoms with Crippen LogP contribution in [0.15, 0.2) is 77.9 Å². The summed E-state index contributed by atoms with van der Waals surface area (Å²) in [5.74, 6) is -0.502. The summed E-state index contributed by atoms with van der Waals surface area (Å²) in [5, 5.41) is 6.38. The number of carbonyl (C=O) groups excluding carboxylic acids is 2. The average molecular weight is 509 g/mol. The molecule has 2 N–H and O–H groups in total. The normalized spacial score (nSPS) is 19.3. The van der Waals surface area contributed by atoms with Crippen molar-refractivity contribution in [3.8, 4) is 0 Å². The van der Waals surface area contributed by atoms with E-state index < -0.39 is 5.54 Å². The molecule has 6 heteroatoms. The van der Waals surface area contributed by atoms with E-state index in [4.69, 9.17) is 0 Å². The quantitative estimate of drug-likeness (QED) is 0.404. The molecule has 0 spiro atoms. The minimum atomic E-state index is -1.15. The van der Waals surface area contributed by atoms with Crippen LogP contribution < -0.4 is 10.6 Å². The summed E-state index contributed by atoms with van der Waals surface area (Å²) < 4.78 is 0. The SMILES string of the molecule is Cc1ccccc1C(=O)NC(C)(CC1C=Nc2ccccc21)C(=O)NCC1(c2ccccn2)CCCCC1. The number of aryl methyl sites for hydroxylation is 1. The molecule has 1 aromatic heterocycles. The third kappa shape index (κ3) is 5.26. The van der Waals surface area contributed by atoms with Gasteiger partial charge in [0.15, 0.2) is 0 Å². The van der Waals surface area contributed by atoms with E-state index in [-0.39, 0.29) is 23.1 Å². The van der Waals surface area contributed by atoms with Gasteiger partial charge >= 0.3 is 0 Å². The maximum Gasteiger partial charge on any atom is 0.252 e. The maximum atomic E-state index is 14.0. The van der Waals surface area contributed by atoms with Crippen LogP contribution in [-0.4, -0.2) is 35.1 Å². The number of pyridine rings is 1. The zero-order chi connectivity index (χ0) is 26.6. The van der Waals surface area contributed by atoms with Crippen LogP contribution in [0.5, 0.6) is 0 Å². The summed E-state index contributed by atoms with van der Waals surface area (Å²) in [7, 11) is 0. The number of fused-ring (bicyclic) bond motifs is 1. The van der Waals surface area contributed by atoms with Gasteiger partial charge in [-0.2, -0.15) is 0 Å². The van der Waals surface area contributed by atoms with E-state index in [2.05, 4.69) is 26.7 Å². The topological polar surface area (TPSA) is 83.5 Å². The van der Waals surface area contributed by atoms with Gasteiger partial charge in [-0.15, -0.1) is 0 Å². The summed E-state index contributed by atoms with van der Waals surface area (Å²) in [6.07, 6.45) is 9.54. The van der Waals surface area contributed by atoms with Crippen molar-refractivity contribution in [2.45, 2.75) is 69.2 Å². The van der Waals surface area contributed by atoms with Gasteiger partial charge in [0.05, 0.1) is 5.69 Å². The van der Waals surface area contributed by atoms with Crippen molar-refractivity contribution in [1.82, 2.24) is 15.6 Å². The van der Waals surface area contributed by atoms with E-state index in [1.165, 1.54) is 6.42 Å². The van der Waals surface area contributed by atoms with Crippen LogP contribution in [0, 0.1) is 6.92 Å². The van der Waals surface area contributed by atoms with Gasteiger partial charge in [0, 0.05) is 41.5 Å². The molecule has 0 bridgehead atoms. The van der Waals surface area contributed by atoms with Crippen molar-refractivity contribution >= 4 is 23.7 Å². The van der Waals surface area contributed by atoms with Crippen LogP contribution in [0.3, 0.4) is 0 Å². The first kappa shape index (κ1) is 25.8. The van der Waals surface area contributed by atoms with Gasteiger partial charge in [-0.1, -0.05) is 61.7 Å². The standard InChI is InChI=1S/C32H36N4O2/c1-23-12-4-5-13-25(23)29(37)36-31(2,20-24-21-34-27-15-7-6-14-26(24)27)30(38)35-22-32(17-9-3-10-18-32)28-16-8-11-19-33-28/h4-8,11-16,19,21,24H,3,9-10,17-18,20,22H2,1-2H3,(H,35,38)(H,36,37). The van der Waals surface area contributed by atoms with Gasteiger partial charge < -0.3 is 10.6 Å². The van der Waals surface area contributed by atoms with Crippen molar-refractivity contribution in [2.24, 2.45) is 4.99 Å². The van der Waals surface area contributed by atoms with Crippen LogP contribution in [0.2, 0.25) is 0 Å². The monoisotopic (exact) mass is 508 g/mol. The molecule has 3 aromatic rings. The molecule has 38 heavy (non-hydrogen) atoms. The molecule has 2 unspecified atom stereocenters. The molecule has 2 heterocycles. The van der Waals surface area contributed by atoms with E-state index in [0.717, 1.165) is 48.2 Å². The molecule has 2 amide bonds. The number of aliphatic imine (C=N–C) groups is 1. The van der Waals surface area contributed by atoms with E-state index in [1.54, 1.807) is 6.07 Å². The Hall–Kier alpha value is -3.80. The molecule has 2 aliphatic rings. The molecule has 0 saturated heterocycles. The van der Waals surface area contributed by atoms with Crippen LogP contribution in [0.25, 0.3) is 0 Å². The van der Waals surface area contributed by atoms with Crippen molar-refractivity contribution < 1.29 is 9.59 Å². The highest BCUT2D eigenvalue weighted by molar-refractivity contribution is 6.00. The lowest BCUT2D eigenvalue weighted by molar-refractivity contribution is -0.127. The first-order valence-corrected chi connectivity index (χ1v) is 13.6. The summed E-state index contributed by atoms with van der Waals surface area (Å²) >= 11 is 0. The summed E-state index contributed by atoms with van der Waals surface area (Å²) in [6.45, 7) is 4.24. The number of amides is 2. The molecular formula is C32H36N4O2. The molecular weight excluding hydrogens is 472 g/mol. The number of nitrogens with zero attached hydrogens (tertiary/aromatic N) is 2. The second kappa shape index (κ2) is 10.9.